The second kappa shape index (κ2) is 8.96. The summed E-state index contributed by atoms with van der Waals surface area (Å²) >= 11 is 0. The molecule has 0 aliphatic heterocycles. The SMILES string of the molecule is COC(=O)c1c(C(=O)OC)c2ccc(/C=C/c3cccc4ccccc34)nn2c1C(=O)OC. The van der Waals surface area contributed by atoms with Gasteiger partial charge in [-0.2, -0.15) is 5.10 Å². The Morgan fingerprint density at radius 2 is 1.42 bits per heavy atom. The summed E-state index contributed by atoms with van der Waals surface area (Å²) in [5.74, 6) is -2.53. The van der Waals surface area contributed by atoms with Gasteiger partial charge in [0, 0.05) is 0 Å². The van der Waals surface area contributed by atoms with E-state index in [4.69, 9.17) is 14.2 Å². The predicted octanol–water partition coefficient (Wildman–Crippen LogP) is 4.02. The average molecular weight is 444 g/mol. The number of carbonyl (C=O) groups excluding carboxylic acids is 3. The molecule has 0 atom stereocenters. The minimum atomic E-state index is -0.880. The summed E-state index contributed by atoms with van der Waals surface area (Å²) in [5.41, 5.74) is 1.08. The van der Waals surface area contributed by atoms with Gasteiger partial charge in [-0.3, -0.25) is 0 Å². The highest BCUT2D eigenvalue weighted by Crippen LogP contribution is 2.27. The fraction of sp³-hybridized carbons (Fsp3) is 0.120. The summed E-state index contributed by atoms with van der Waals surface area (Å²) in [4.78, 5) is 37.5. The first kappa shape index (κ1) is 21.8. The Bertz CT molecular complexity index is 1430. The van der Waals surface area contributed by atoms with Crippen LogP contribution in [0.3, 0.4) is 0 Å². The fourth-order valence-corrected chi connectivity index (χ4v) is 3.70. The summed E-state index contributed by atoms with van der Waals surface area (Å²) in [7, 11) is 3.50. The molecule has 8 heteroatoms. The maximum absolute atomic E-state index is 12.6. The molecule has 33 heavy (non-hydrogen) atoms. The third-order valence-electron chi connectivity index (χ3n) is 5.23. The lowest BCUT2D eigenvalue weighted by atomic mass is 10.0. The summed E-state index contributed by atoms with van der Waals surface area (Å²) in [6.45, 7) is 0. The van der Waals surface area contributed by atoms with E-state index in [9.17, 15) is 14.4 Å². The molecule has 0 amide bonds. The smallest absolute Gasteiger partial charge is 0.357 e. The van der Waals surface area contributed by atoms with Crippen LogP contribution in [0.5, 0.6) is 0 Å². The van der Waals surface area contributed by atoms with Crippen LogP contribution in [0, 0.1) is 0 Å². The van der Waals surface area contributed by atoms with Gasteiger partial charge in [-0.25, -0.2) is 18.9 Å². The van der Waals surface area contributed by atoms with Gasteiger partial charge >= 0.3 is 17.9 Å². The average Bonchev–Trinajstić information content (AvgIpc) is 3.20. The highest BCUT2D eigenvalue weighted by molar-refractivity contribution is 6.14. The van der Waals surface area contributed by atoms with Gasteiger partial charge in [0.15, 0.2) is 5.69 Å². The Morgan fingerprint density at radius 1 is 0.758 bits per heavy atom. The molecular formula is C25H20N2O6. The lowest BCUT2D eigenvalue weighted by Gasteiger charge is -2.04. The molecule has 0 bridgehead atoms. The highest BCUT2D eigenvalue weighted by Gasteiger charge is 2.34. The van der Waals surface area contributed by atoms with Crippen LogP contribution in [0.2, 0.25) is 0 Å². The van der Waals surface area contributed by atoms with Crippen molar-refractivity contribution in [3.05, 3.63) is 82.7 Å². The molecule has 0 aliphatic rings. The number of carbonyl (C=O) groups is 3. The van der Waals surface area contributed by atoms with Gasteiger partial charge in [-0.15, -0.1) is 0 Å². The molecule has 0 saturated heterocycles. The summed E-state index contributed by atoms with van der Waals surface area (Å²) < 4.78 is 15.7. The minimum absolute atomic E-state index is 0.123. The predicted molar refractivity (Wildman–Crippen MR) is 122 cm³/mol. The van der Waals surface area contributed by atoms with Crippen LogP contribution >= 0.6 is 0 Å². The number of aromatic nitrogens is 2. The number of ether oxygens (including phenoxy) is 3. The largest absolute Gasteiger partial charge is 0.465 e. The van der Waals surface area contributed by atoms with Gasteiger partial charge in [0.2, 0.25) is 0 Å². The number of methoxy groups -OCH3 is 3. The summed E-state index contributed by atoms with van der Waals surface area (Å²) in [6.07, 6.45) is 3.68. The quantitative estimate of drug-likeness (QED) is 0.339. The van der Waals surface area contributed by atoms with Gasteiger partial charge < -0.3 is 14.2 Å². The molecule has 8 nitrogen and oxygen atoms in total. The van der Waals surface area contributed by atoms with E-state index in [0.29, 0.717) is 5.69 Å². The maximum atomic E-state index is 12.6. The van der Waals surface area contributed by atoms with Crippen molar-refractivity contribution >= 4 is 46.3 Å². The molecule has 166 valence electrons. The molecule has 4 rings (SSSR count). The van der Waals surface area contributed by atoms with Crippen LogP contribution < -0.4 is 0 Å². The second-order valence-corrected chi connectivity index (χ2v) is 7.03. The Morgan fingerprint density at radius 3 is 2.15 bits per heavy atom. The standard InChI is InChI=1S/C25H20N2O6/c1-31-23(28)20-19-14-13-17(12-11-16-9-6-8-15-7-4-5-10-18(15)16)26-27(19)22(25(30)33-3)21(20)24(29)32-2/h4-14H,1-3H3/b12-11+. The molecule has 4 aromatic rings. The van der Waals surface area contributed by atoms with Gasteiger partial charge in [0.05, 0.1) is 32.5 Å². The summed E-state index contributed by atoms with van der Waals surface area (Å²) in [6, 6.07) is 17.2. The number of esters is 3. The Kier molecular flexibility index (Phi) is 5.91. The number of hydrogen-bond donors (Lipinski definition) is 0. The second-order valence-electron chi connectivity index (χ2n) is 7.03. The number of fused-ring (bicyclic) bond motifs is 2. The van der Waals surface area contributed by atoms with Crippen molar-refractivity contribution in [1.29, 1.82) is 0 Å². The van der Waals surface area contributed by atoms with Gasteiger partial charge in [0.1, 0.15) is 11.1 Å². The molecule has 2 heterocycles. The van der Waals surface area contributed by atoms with Gasteiger partial charge in [-0.05, 0) is 34.5 Å². The van der Waals surface area contributed by atoms with E-state index in [-0.39, 0.29) is 22.3 Å². The highest BCUT2D eigenvalue weighted by atomic mass is 16.5. The molecular weight excluding hydrogens is 424 g/mol. The third-order valence-corrected chi connectivity index (χ3v) is 5.23. The van der Waals surface area contributed by atoms with Crippen LogP contribution in [-0.4, -0.2) is 48.9 Å². The minimum Gasteiger partial charge on any atom is -0.465 e. The normalized spacial score (nSPS) is 11.1. The van der Waals surface area contributed by atoms with Crippen LogP contribution in [-0.2, 0) is 14.2 Å². The molecule has 0 radical (unpaired) electrons. The molecule has 0 aliphatic carbocycles. The van der Waals surface area contributed by atoms with E-state index in [1.165, 1.54) is 18.7 Å². The number of hydrogen-bond acceptors (Lipinski definition) is 7. The van der Waals surface area contributed by atoms with E-state index in [1.54, 1.807) is 18.2 Å². The fourth-order valence-electron chi connectivity index (χ4n) is 3.70. The maximum Gasteiger partial charge on any atom is 0.357 e. The zero-order valence-electron chi connectivity index (χ0n) is 18.2. The molecule has 0 spiro atoms. The van der Waals surface area contributed by atoms with Crippen molar-refractivity contribution < 1.29 is 28.6 Å². The molecule has 2 aromatic heterocycles. The molecule has 0 unspecified atom stereocenters. The van der Waals surface area contributed by atoms with Crippen LogP contribution in [0.4, 0.5) is 0 Å². The van der Waals surface area contributed by atoms with Crippen molar-refractivity contribution in [3.63, 3.8) is 0 Å². The van der Waals surface area contributed by atoms with Crippen LogP contribution in [0.15, 0.2) is 54.6 Å². The van der Waals surface area contributed by atoms with Crippen molar-refractivity contribution in [2.75, 3.05) is 21.3 Å². The molecule has 0 fully saturated rings. The molecule has 0 N–H and O–H groups in total. The first-order chi connectivity index (χ1) is 16.0. The third kappa shape index (κ3) is 3.82. The van der Waals surface area contributed by atoms with Crippen molar-refractivity contribution in [1.82, 2.24) is 9.61 Å². The van der Waals surface area contributed by atoms with Crippen LogP contribution in [0.1, 0.15) is 42.5 Å². The summed E-state index contributed by atoms with van der Waals surface area (Å²) in [5, 5.41) is 6.65. The number of benzene rings is 2. The number of rotatable bonds is 5. The number of nitrogens with zero attached hydrogens (tertiary/aromatic N) is 2. The Balaban J connectivity index is 1.91. The first-order valence-electron chi connectivity index (χ1n) is 9.96. The zero-order chi connectivity index (χ0) is 23.5. The van der Waals surface area contributed by atoms with E-state index >= 15 is 0 Å². The lowest BCUT2D eigenvalue weighted by molar-refractivity contribution is 0.0536. The van der Waals surface area contributed by atoms with Gasteiger partial charge in [0.25, 0.3) is 0 Å². The van der Waals surface area contributed by atoms with E-state index in [2.05, 4.69) is 5.10 Å². The first-order valence-corrected chi connectivity index (χ1v) is 9.96. The molecule has 2 aromatic carbocycles. The van der Waals surface area contributed by atoms with Crippen molar-refractivity contribution in [2.24, 2.45) is 0 Å². The Labute approximate surface area is 189 Å². The lowest BCUT2D eigenvalue weighted by Crippen LogP contribution is -2.16. The van der Waals surface area contributed by atoms with Crippen LogP contribution in [0.25, 0.3) is 28.4 Å². The molecule has 0 saturated carbocycles. The monoisotopic (exact) mass is 444 g/mol. The van der Waals surface area contributed by atoms with Gasteiger partial charge in [-0.1, -0.05) is 48.5 Å². The Hall–Kier alpha value is -4.46. The zero-order valence-corrected chi connectivity index (χ0v) is 18.2. The van der Waals surface area contributed by atoms with Crippen molar-refractivity contribution in [2.45, 2.75) is 0 Å². The van der Waals surface area contributed by atoms with E-state index < -0.39 is 17.9 Å². The topological polar surface area (TPSA) is 96.2 Å². The van der Waals surface area contributed by atoms with E-state index in [1.807, 2.05) is 48.5 Å². The van der Waals surface area contributed by atoms with Crippen molar-refractivity contribution in [3.8, 4) is 0 Å². The van der Waals surface area contributed by atoms with E-state index in [0.717, 1.165) is 23.4 Å².